The second kappa shape index (κ2) is 5.18. The molecule has 19 heavy (non-hydrogen) atoms. The van der Waals surface area contributed by atoms with Gasteiger partial charge in [-0.15, -0.1) is 0 Å². The zero-order valence-corrected chi connectivity index (χ0v) is 11.9. The van der Waals surface area contributed by atoms with Gasteiger partial charge in [0.2, 0.25) is 0 Å². The standard InChI is InChI=1S/C15H20N4/c1-10-5-6-12(9-14(10)19(3)4)18-15-8-7-13(16)11(2)17-15/h5-9H,16H2,1-4H3,(H,17,18). The summed E-state index contributed by atoms with van der Waals surface area (Å²) < 4.78 is 0. The van der Waals surface area contributed by atoms with Crippen LogP contribution in [-0.4, -0.2) is 19.1 Å². The second-order valence-electron chi connectivity index (χ2n) is 4.89. The molecule has 4 nitrogen and oxygen atoms in total. The maximum absolute atomic E-state index is 5.77. The van der Waals surface area contributed by atoms with E-state index in [1.807, 2.05) is 33.2 Å². The lowest BCUT2D eigenvalue weighted by atomic mass is 10.1. The summed E-state index contributed by atoms with van der Waals surface area (Å²) in [4.78, 5) is 6.51. The summed E-state index contributed by atoms with van der Waals surface area (Å²) in [5.41, 5.74) is 10.8. The van der Waals surface area contributed by atoms with Crippen molar-refractivity contribution in [2.75, 3.05) is 30.0 Å². The molecule has 0 bridgehead atoms. The summed E-state index contributed by atoms with van der Waals surface area (Å²) in [5, 5.41) is 3.30. The smallest absolute Gasteiger partial charge is 0.130 e. The number of benzene rings is 1. The lowest BCUT2D eigenvalue weighted by molar-refractivity contribution is 1.11. The van der Waals surface area contributed by atoms with Gasteiger partial charge in [0.15, 0.2) is 0 Å². The predicted molar refractivity (Wildman–Crippen MR) is 82.2 cm³/mol. The minimum atomic E-state index is 0.712. The topological polar surface area (TPSA) is 54.2 Å². The first-order chi connectivity index (χ1) is 8.97. The minimum absolute atomic E-state index is 0.712. The Morgan fingerprint density at radius 2 is 1.84 bits per heavy atom. The molecule has 0 unspecified atom stereocenters. The van der Waals surface area contributed by atoms with Gasteiger partial charge in [-0.2, -0.15) is 0 Å². The third kappa shape index (κ3) is 2.96. The Bertz CT molecular complexity index is 591. The summed E-state index contributed by atoms with van der Waals surface area (Å²) >= 11 is 0. The number of pyridine rings is 1. The molecule has 0 fully saturated rings. The maximum Gasteiger partial charge on any atom is 0.130 e. The highest BCUT2D eigenvalue weighted by Gasteiger charge is 2.04. The summed E-state index contributed by atoms with van der Waals surface area (Å²) in [7, 11) is 4.08. The van der Waals surface area contributed by atoms with E-state index < -0.39 is 0 Å². The first-order valence-electron chi connectivity index (χ1n) is 6.25. The third-order valence-electron chi connectivity index (χ3n) is 3.09. The normalized spacial score (nSPS) is 10.3. The summed E-state index contributed by atoms with van der Waals surface area (Å²) in [6, 6.07) is 10.0. The molecule has 0 aliphatic rings. The average Bonchev–Trinajstić information content (AvgIpc) is 2.36. The highest BCUT2D eigenvalue weighted by atomic mass is 15.1. The highest BCUT2D eigenvalue weighted by molar-refractivity contribution is 5.66. The first kappa shape index (κ1) is 13.2. The number of nitrogen functional groups attached to an aromatic ring is 1. The number of aryl methyl sites for hydroxylation is 2. The van der Waals surface area contributed by atoms with Gasteiger partial charge in [-0.05, 0) is 43.7 Å². The van der Waals surface area contributed by atoms with Crippen LogP contribution in [0.1, 0.15) is 11.3 Å². The molecule has 0 aliphatic carbocycles. The van der Waals surface area contributed by atoms with E-state index in [1.165, 1.54) is 11.3 Å². The lowest BCUT2D eigenvalue weighted by Crippen LogP contribution is -2.10. The van der Waals surface area contributed by atoms with E-state index in [2.05, 4.69) is 40.3 Å². The summed E-state index contributed by atoms with van der Waals surface area (Å²) in [6.07, 6.45) is 0. The average molecular weight is 256 g/mol. The van der Waals surface area contributed by atoms with E-state index in [0.717, 1.165) is 17.2 Å². The molecule has 0 amide bonds. The molecule has 100 valence electrons. The number of anilines is 4. The number of rotatable bonds is 3. The van der Waals surface area contributed by atoms with Crippen molar-refractivity contribution in [3.8, 4) is 0 Å². The fraction of sp³-hybridized carbons (Fsp3) is 0.267. The van der Waals surface area contributed by atoms with Gasteiger partial charge in [-0.3, -0.25) is 0 Å². The number of nitrogens with two attached hydrogens (primary N) is 1. The van der Waals surface area contributed by atoms with Crippen LogP contribution in [0.2, 0.25) is 0 Å². The van der Waals surface area contributed by atoms with Crippen molar-refractivity contribution in [1.29, 1.82) is 0 Å². The van der Waals surface area contributed by atoms with E-state index in [0.29, 0.717) is 5.69 Å². The quantitative estimate of drug-likeness (QED) is 0.886. The molecule has 0 saturated carbocycles. The summed E-state index contributed by atoms with van der Waals surface area (Å²) in [5.74, 6) is 0.806. The largest absolute Gasteiger partial charge is 0.397 e. The summed E-state index contributed by atoms with van der Waals surface area (Å²) in [6.45, 7) is 4.01. The Morgan fingerprint density at radius 3 is 2.47 bits per heavy atom. The molecule has 2 rings (SSSR count). The molecular formula is C15H20N4. The zero-order chi connectivity index (χ0) is 14.0. The van der Waals surface area contributed by atoms with E-state index in [-0.39, 0.29) is 0 Å². The van der Waals surface area contributed by atoms with E-state index in [1.54, 1.807) is 0 Å². The number of nitrogens with one attached hydrogen (secondary N) is 1. The molecule has 1 heterocycles. The van der Waals surface area contributed by atoms with Gasteiger partial charge in [0.25, 0.3) is 0 Å². The van der Waals surface area contributed by atoms with Crippen LogP contribution >= 0.6 is 0 Å². The molecule has 2 aromatic rings. The predicted octanol–water partition coefficient (Wildman–Crippen LogP) is 3.09. The monoisotopic (exact) mass is 256 g/mol. The van der Waals surface area contributed by atoms with Crippen molar-refractivity contribution in [1.82, 2.24) is 4.98 Å². The Hall–Kier alpha value is -2.23. The van der Waals surface area contributed by atoms with E-state index >= 15 is 0 Å². The van der Waals surface area contributed by atoms with Gasteiger partial charge < -0.3 is 16.0 Å². The molecular weight excluding hydrogens is 236 g/mol. The van der Waals surface area contributed by atoms with Crippen LogP contribution in [0.25, 0.3) is 0 Å². The van der Waals surface area contributed by atoms with E-state index in [9.17, 15) is 0 Å². The fourth-order valence-electron chi connectivity index (χ4n) is 1.96. The number of nitrogens with zero attached hydrogens (tertiary/aromatic N) is 2. The lowest BCUT2D eigenvalue weighted by Gasteiger charge is -2.17. The number of hydrogen-bond donors (Lipinski definition) is 2. The molecule has 0 atom stereocenters. The van der Waals surface area contributed by atoms with Crippen molar-refractivity contribution in [2.45, 2.75) is 13.8 Å². The number of aromatic nitrogens is 1. The van der Waals surface area contributed by atoms with Crippen LogP contribution < -0.4 is 16.0 Å². The van der Waals surface area contributed by atoms with Crippen LogP contribution in [0.5, 0.6) is 0 Å². The highest BCUT2D eigenvalue weighted by Crippen LogP contribution is 2.25. The molecule has 0 spiro atoms. The Balaban J connectivity index is 2.28. The Labute approximate surface area is 114 Å². The maximum atomic E-state index is 5.77. The molecule has 3 N–H and O–H groups in total. The van der Waals surface area contributed by atoms with Gasteiger partial charge in [0, 0.05) is 25.5 Å². The van der Waals surface area contributed by atoms with Crippen LogP contribution in [0.15, 0.2) is 30.3 Å². The van der Waals surface area contributed by atoms with Crippen LogP contribution in [0.3, 0.4) is 0 Å². The van der Waals surface area contributed by atoms with E-state index in [4.69, 9.17) is 5.73 Å². The van der Waals surface area contributed by atoms with Gasteiger partial charge in [-0.25, -0.2) is 4.98 Å². The van der Waals surface area contributed by atoms with Gasteiger partial charge in [0.05, 0.1) is 11.4 Å². The Morgan fingerprint density at radius 1 is 1.11 bits per heavy atom. The number of hydrogen-bond acceptors (Lipinski definition) is 4. The van der Waals surface area contributed by atoms with Crippen molar-refractivity contribution in [3.63, 3.8) is 0 Å². The second-order valence-corrected chi connectivity index (χ2v) is 4.89. The van der Waals surface area contributed by atoms with Crippen LogP contribution in [0.4, 0.5) is 22.9 Å². The first-order valence-corrected chi connectivity index (χ1v) is 6.25. The minimum Gasteiger partial charge on any atom is -0.397 e. The molecule has 1 aromatic heterocycles. The van der Waals surface area contributed by atoms with Crippen molar-refractivity contribution >= 4 is 22.9 Å². The van der Waals surface area contributed by atoms with Gasteiger partial charge in [0.1, 0.15) is 5.82 Å². The molecule has 1 aromatic carbocycles. The van der Waals surface area contributed by atoms with Crippen LogP contribution in [-0.2, 0) is 0 Å². The third-order valence-corrected chi connectivity index (χ3v) is 3.09. The fourth-order valence-corrected chi connectivity index (χ4v) is 1.96. The SMILES string of the molecule is Cc1ccc(Nc2ccc(N)c(C)n2)cc1N(C)C. The van der Waals surface area contributed by atoms with Crippen molar-refractivity contribution in [3.05, 3.63) is 41.6 Å². The Kier molecular flexibility index (Phi) is 3.60. The van der Waals surface area contributed by atoms with Gasteiger partial charge in [-0.1, -0.05) is 6.07 Å². The zero-order valence-electron chi connectivity index (χ0n) is 11.9. The molecule has 0 aliphatic heterocycles. The van der Waals surface area contributed by atoms with Crippen LogP contribution in [0, 0.1) is 13.8 Å². The molecule has 0 saturated heterocycles. The van der Waals surface area contributed by atoms with Crippen molar-refractivity contribution in [2.24, 2.45) is 0 Å². The van der Waals surface area contributed by atoms with Gasteiger partial charge >= 0.3 is 0 Å². The molecule has 0 radical (unpaired) electrons. The van der Waals surface area contributed by atoms with Crippen molar-refractivity contribution < 1.29 is 0 Å². The molecule has 4 heteroatoms.